The minimum Gasteiger partial charge on any atom is -0.484 e. The number of amides is 2. The maximum atomic E-state index is 12.4. The fourth-order valence-electron chi connectivity index (χ4n) is 3.34. The second-order valence-corrected chi connectivity index (χ2v) is 7.63. The standard InChI is InChI=1S/C22H25ClN2O3/c1-15-3-8-20(16(2)13-15)28-14-21(26)25-11-9-19(10-12-25)24-22(27)17-4-6-18(23)7-5-17/h3-8,13,19H,9-12,14H2,1-2H3,(H,24,27). The van der Waals surface area contributed by atoms with E-state index in [2.05, 4.69) is 5.32 Å². The molecule has 0 atom stereocenters. The number of ether oxygens (including phenoxy) is 1. The number of piperidine rings is 1. The number of hydrogen-bond donors (Lipinski definition) is 1. The molecule has 0 spiro atoms. The maximum absolute atomic E-state index is 12.4. The van der Waals surface area contributed by atoms with Gasteiger partial charge in [-0.15, -0.1) is 0 Å². The number of aryl methyl sites for hydroxylation is 2. The van der Waals surface area contributed by atoms with Crippen molar-refractivity contribution >= 4 is 23.4 Å². The predicted molar refractivity (Wildman–Crippen MR) is 110 cm³/mol. The Morgan fingerprint density at radius 1 is 1.11 bits per heavy atom. The highest BCUT2D eigenvalue weighted by Gasteiger charge is 2.24. The van der Waals surface area contributed by atoms with E-state index >= 15 is 0 Å². The van der Waals surface area contributed by atoms with Crippen LogP contribution in [0.4, 0.5) is 0 Å². The molecule has 0 unspecified atom stereocenters. The Labute approximate surface area is 170 Å². The largest absolute Gasteiger partial charge is 0.484 e. The van der Waals surface area contributed by atoms with E-state index < -0.39 is 0 Å². The summed E-state index contributed by atoms with van der Waals surface area (Å²) in [4.78, 5) is 26.5. The Balaban J connectivity index is 1.44. The van der Waals surface area contributed by atoms with Crippen LogP contribution in [0.2, 0.25) is 5.02 Å². The van der Waals surface area contributed by atoms with E-state index in [1.54, 1.807) is 29.2 Å². The molecule has 0 saturated carbocycles. The van der Waals surface area contributed by atoms with Crippen molar-refractivity contribution in [2.24, 2.45) is 0 Å². The molecule has 1 heterocycles. The van der Waals surface area contributed by atoms with Crippen molar-refractivity contribution in [2.45, 2.75) is 32.7 Å². The van der Waals surface area contributed by atoms with Crippen molar-refractivity contribution in [2.75, 3.05) is 19.7 Å². The van der Waals surface area contributed by atoms with E-state index in [1.807, 2.05) is 32.0 Å². The van der Waals surface area contributed by atoms with E-state index in [0.717, 1.165) is 24.2 Å². The van der Waals surface area contributed by atoms with Gasteiger partial charge in [-0.1, -0.05) is 29.3 Å². The van der Waals surface area contributed by atoms with Gasteiger partial charge in [0, 0.05) is 29.7 Å². The van der Waals surface area contributed by atoms with Crippen LogP contribution in [-0.4, -0.2) is 42.5 Å². The quantitative estimate of drug-likeness (QED) is 0.831. The number of hydrogen-bond acceptors (Lipinski definition) is 3. The van der Waals surface area contributed by atoms with E-state index in [4.69, 9.17) is 16.3 Å². The van der Waals surface area contributed by atoms with Crippen molar-refractivity contribution < 1.29 is 14.3 Å². The third-order valence-electron chi connectivity index (χ3n) is 4.97. The maximum Gasteiger partial charge on any atom is 0.260 e. The van der Waals surface area contributed by atoms with Gasteiger partial charge in [0.15, 0.2) is 6.61 Å². The van der Waals surface area contributed by atoms with Crippen molar-refractivity contribution in [3.05, 3.63) is 64.2 Å². The SMILES string of the molecule is Cc1ccc(OCC(=O)N2CCC(NC(=O)c3ccc(Cl)cc3)CC2)c(C)c1. The Bertz CT molecular complexity index is 843. The highest BCUT2D eigenvalue weighted by molar-refractivity contribution is 6.30. The minimum absolute atomic E-state index is 0.0255. The van der Waals surface area contributed by atoms with Gasteiger partial charge < -0.3 is 15.0 Å². The zero-order valence-electron chi connectivity index (χ0n) is 16.2. The molecule has 3 rings (SSSR count). The molecule has 2 aromatic rings. The number of likely N-dealkylation sites (tertiary alicyclic amines) is 1. The lowest BCUT2D eigenvalue weighted by atomic mass is 10.0. The summed E-state index contributed by atoms with van der Waals surface area (Å²) in [7, 11) is 0. The van der Waals surface area contributed by atoms with Crippen molar-refractivity contribution in [1.82, 2.24) is 10.2 Å². The van der Waals surface area contributed by atoms with Gasteiger partial charge in [-0.05, 0) is 62.6 Å². The summed E-state index contributed by atoms with van der Waals surface area (Å²) < 4.78 is 5.69. The number of benzene rings is 2. The van der Waals surface area contributed by atoms with Gasteiger partial charge in [-0.2, -0.15) is 0 Å². The van der Waals surface area contributed by atoms with Gasteiger partial charge in [0.2, 0.25) is 0 Å². The van der Waals surface area contributed by atoms with Crippen molar-refractivity contribution in [3.8, 4) is 5.75 Å². The molecule has 6 heteroatoms. The van der Waals surface area contributed by atoms with Crippen LogP contribution < -0.4 is 10.1 Å². The molecule has 1 aliphatic heterocycles. The monoisotopic (exact) mass is 400 g/mol. The second kappa shape index (κ2) is 9.11. The Morgan fingerprint density at radius 3 is 2.43 bits per heavy atom. The molecular weight excluding hydrogens is 376 g/mol. The molecule has 1 N–H and O–H groups in total. The summed E-state index contributed by atoms with van der Waals surface area (Å²) in [6.07, 6.45) is 1.46. The lowest BCUT2D eigenvalue weighted by molar-refractivity contribution is -0.134. The van der Waals surface area contributed by atoms with Gasteiger partial charge in [0.05, 0.1) is 0 Å². The predicted octanol–water partition coefficient (Wildman–Crippen LogP) is 3.76. The Kier molecular flexibility index (Phi) is 6.57. The first-order valence-corrected chi connectivity index (χ1v) is 9.84. The van der Waals surface area contributed by atoms with Crippen LogP contribution in [0, 0.1) is 13.8 Å². The highest BCUT2D eigenvalue weighted by Crippen LogP contribution is 2.19. The van der Waals surface area contributed by atoms with Crippen LogP contribution >= 0.6 is 11.6 Å². The van der Waals surface area contributed by atoms with Crippen LogP contribution in [0.1, 0.15) is 34.3 Å². The highest BCUT2D eigenvalue weighted by atomic mass is 35.5. The third-order valence-corrected chi connectivity index (χ3v) is 5.22. The van der Waals surface area contributed by atoms with Crippen molar-refractivity contribution in [3.63, 3.8) is 0 Å². The number of nitrogens with one attached hydrogen (secondary N) is 1. The summed E-state index contributed by atoms with van der Waals surface area (Å²) >= 11 is 5.85. The smallest absolute Gasteiger partial charge is 0.260 e. The molecule has 2 aromatic carbocycles. The lowest BCUT2D eigenvalue weighted by Crippen LogP contribution is -2.47. The Morgan fingerprint density at radius 2 is 1.79 bits per heavy atom. The summed E-state index contributed by atoms with van der Waals surface area (Å²) in [5.74, 6) is 0.603. The zero-order chi connectivity index (χ0) is 20.1. The average Bonchev–Trinajstić information content (AvgIpc) is 2.68. The van der Waals surface area contributed by atoms with E-state index in [0.29, 0.717) is 23.7 Å². The van der Waals surface area contributed by atoms with E-state index in [-0.39, 0.29) is 24.5 Å². The van der Waals surface area contributed by atoms with Gasteiger partial charge in [0.1, 0.15) is 5.75 Å². The summed E-state index contributed by atoms with van der Waals surface area (Å²) in [6, 6.07) is 12.8. The van der Waals surface area contributed by atoms with Crippen molar-refractivity contribution in [1.29, 1.82) is 0 Å². The van der Waals surface area contributed by atoms with Gasteiger partial charge >= 0.3 is 0 Å². The third kappa shape index (κ3) is 5.26. The molecule has 0 aromatic heterocycles. The Hall–Kier alpha value is -2.53. The molecule has 0 bridgehead atoms. The number of halogens is 1. The molecule has 28 heavy (non-hydrogen) atoms. The van der Waals surface area contributed by atoms with Crippen LogP contribution in [-0.2, 0) is 4.79 Å². The fourth-order valence-corrected chi connectivity index (χ4v) is 3.46. The first-order chi connectivity index (χ1) is 13.4. The average molecular weight is 401 g/mol. The number of carbonyl (C=O) groups excluding carboxylic acids is 2. The number of rotatable bonds is 5. The summed E-state index contributed by atoms with van der Waals surface area (Å²) in [5, 5.41) is 3.64. The van der Waals surface area contributed by atoms with Crippen LogP contribution in [0.5, 0.6) is 5.75 Å². The summed E-state index contributed by atoms with van der Waals surface area (Å²) in [6.45, 7) is 5.26. The normalized spacial score (nSPS) is 14.6. The molecule has 1 fully saturated rings. The van der Waals surface area contributed by atoms with Gasteiger partial charge in [-0.3, -0.25) is 9.59 Å². The zero-order valence-corrected chi connectivity index (χ0v) is 17.0. The molecule has 148 valence electrons. The molecule has 1 aliphatic rings. The molecular formula is C22H25ClN2O3. The summed E-state index contributed by atoms with van der Waals surface area (Å²) in [5.41, 5.74) is 2.78. The minimum atomic E-state index is -0.111. The van der Waals surface area contributed by atoms with E-state index in [9.17, 15) is 9.59 Å². The molecule has 5 nitrogen and oxygen atoms in total. The second-order valence-electron chi connectivity index (χ2n) is 7.19. The molecule has 1 saturated heterocycles. The lowest BCUT2D eigenvalue weighted by Gasteiger charge is -2.32. The van der Waals surface area contributed by atoms with Crippen LogP contribution in [0.25, 0.3) is 0 Å². The molecule has 2 amide bonds. The van der Waals surface area contributed by atoms with E-state index in [1.165, 1.54) is 5.56 Å². The van der Waals surface area contributed by atoms with Crippen LogP contribution in [0.3, 0.4) is 0 Å². The fraction of sp³-hybridized carbons (Fsp3) is 0.364. The topological polar surface area (TPSA) is 58.6 Å². The first-order valence-electron chi connectivity index (χ1n) is 9.46. The number of nitrogens with zero attached hydrogens (tertiary/aromatic N) is 1. The molecule has 0 radical (unpaired) electrons. The van der Waals surface area contributed by atoms with Crippen LogP contribution in [0.15, 0.2) is 42.5 Å². The van der Waals surface area contributed by atoms with Gasteiger partial charge in [0.25, 0.3) is 11.8 Å². The van der Waals surface area contributed by atoms with Gasteiger partial charge in [-0.25, -0.2) is 0 Å². The number of carbonyl (C=O) groups is 2. The molecule has 0 aliphatic carbocycles. The first kappa shape index (κ1) is 20.2.